The lowest BCUT2D eigenvalue weighted by Crippen LogP contribution is -2.28. The summed E-state index contributed by atoms with van der Waals surface area (Å²) in [6.07, 6.45) is 5.65. The standard InChI is InChI=1S/C14H27NO2/c1-10-7-8-13(9-11(10)2)17-14(16)6-4-5-12(3)15/h10-13H,4-9,15H2,1-3H3. The second kappa shape index (κ2) is 7.00. The van der Waals surface area contributed by atoms with E-state index >= 15 is 0 Å². The molecule has 2 N–H and O–H groups in total. The van der Waals surface area contributed by atoms with E-state index in [1.807, 2.05) is 6.92 Å². The lowest BCUT2D eigenvalue weighted by molar-refractivity contribution is -0.152. The molecule has 3 heteroatoms. The van der Waals surface area contributed by atoms with Crippen LogP contribution in [0.3, 0.4) is 0 Å². The van der Waals surface area contributed by atoms with Gasteiger partial charge in [-0.2, -0.15) is 0 Å². The summed E-state index contributed by atoms with van der Waals surface area (Å²) in [4.78, 5) is 11.6. The van der Waals surface area contributed by atoms with Crippen molar-refractivity contribution in [2.24, 2.45) is 17.6 Å². The monoisotopic (exact) mass is 241 g/mol. The van der Waals surface area contributed by atoms with Crippen molar-refractivity contribution in [3.05, 3.63) is 0 Å². The number of ether oxygens (including phenoxy) is 1. The highest BCUT2D eigenvalue weighted by molar-refractivity contribution is 5.69. The van der Waals surface area contributed by atoms with Gasteiger partial charge in [-0.1, -0.05) is 13.8 Å². The Morgan fingerprint density at radius 3 is 2.65 bits per heavy atom. The number of esters is 1. The first-order valence-corrected chi connectivity index (χ1v) is 6.94. The van der Waals surface area contributed by atoms with Gasteiger partial charge in [0.2, 0.25) is 0 Å². The Labute approximate surface area is 105 Å². The minimum absolute atomic E-state index is 0.0441. The molecule has 1 rings (SSSR count). The predicted octanol–water partition coefficient (Wildman–Crippen LogP) is 2.87. The lowest BCUT2D eigenvalue weighted by Gasteiger charge is -2.31. The molecule has 0 aromatic heterocycles. The maximum atomic E-state index is 11.6. The number of carbonyl (C=O) groups excluding carboxylic acids is 1. The molecule has 0 heterocycles. The molecule has 1 aliphatic rings. The van der Waals surface area contributed by atoms with Crippen molar-refractivity contribution in [1.29, 1.82) is 0 Å². The third kappa shape index (κ3) is 5.53. The molecule has 0 aromatic carbocycles. The summed E-state index contributed by atoms with van der Waals surface area (Å²) in [5.41, 5.74) is 5.64. The number of rotatable bonds is 5. The molecule has 0 aliphatic heterocycles. The molecule has 0 amide bonds. The van der Waals surface area contributed by atoms with Crippen LogP contribution in [0.1, 0.15) is 59.3 Å². The highest BCUT2D eigenvalue weighted by atomic mass is 16.5. The van der Waals surface area contributed by atoms with Gasteiger partial charge in [0, 0.05) is 12.5 Å². The van der Waals surface area contributed by atoms with E-state index in [1.165, 1.54) is 6.42 Å². The highest BCUT2D eigenvalue weighted by Gasteiger charge is 2.26. The molecule has 0 radical (unpaired) electrons. The first-order chi connectivity index (χ1) is 7.99. The van der Waals surface area contributed by atoms with Crippen LogP contribution in [-0.2, 0) is 9.53 Å². The molecule has 0 spiro atoms. The number of carbonyl (C=O) groups is 1. The van der Waals surface area contributed by atoms with E-state index < -0.39 is 0 Å². The molecular formula is C14H27NO2. The van der Waals surface area contributed by atoms with Crippen molar-refractivity contribution in [3.63, 3.8) is 0 Å². The van der Waals surface area contributed by atoms with Crippen molar-refractivity contribution in [2.45, 2.75) is 71.4 Å². The van der Waals surface area contributed by atoms with Crippen molar-refractivity contribution in [2.75, 3.05) is 0 Å². The summed E-state index contributed by atoms with van der Waals surface area (Å²) in [6, 6.07) is 0.179. The van der Waals surface area contributed by atoms with Crippen molar-refractivity contribution < 1.29 is 9.53 Å². The first kappa shape index (κ1) is 14.5. The summed E-state index contributed by atoms with van der Waals surface area (Å²) < 4.78 is 5.51. The van der Waals surface area contributed by atoms with Gasteiger partial charge in [-0.25, -0.2) is 0 Å². The topological polar surface area (TPSA) is 52.3 Å². The maximum Gasteiger partial charge on any atom is 0.306 e. The third-order valence-corrected chi connectivity index (χ3v) is 3.89. The molecule has 0 aromatic rings. The van der Waals surface area contributed by atoms with Crippen LogP contribution in [0, 0.1) is 11.8 Å². The molecule has 1 saturated carbocycles. The zero-order valence-electron chi connectivity index (χ0n) is 11.4. The Bertz CT molecular complexity index is 240. The summed E-state index contributed by atoms with van der Waals surface area (Å²) in [5.74, 6) is 1.39. The van der Waals surface area contributed by atoms with Gasteiger partial charge in [-0.15, -0.1) is 0 Å². The highest BCUT2D eigenvalue weighted by Crippen LogP contribution is 2.31. The van der Waals surface area contributed by atoms with E-state index in [2.05, 4.69) is 13.8 Å². The Balaban J connectivity index is 2.18. The second-order valence-electron chi connectivity index (χ2n) is 5.75. The van der Waals surface area contributed by atoms with E-state index in [0.29, 0.717) is 12.3 Å². The van der Waals surface area contributed by atoms with Crippen molar-refractivity contribution in [1.82, 2.24) is 0 Å². The van der Waals surface area contributed by atoms with Gasteiger partial charge in [0.05, 0.1) is 0 Å². The molecule has 0 bridgehead atoms. The molecule has 100 valence electrons. The molecule has 4 atom stereocenters. The SMILES string of the molecule is CC(N)CCCC(=O)OC1CCC(C)C(C)C1. The summed E-state index contributed by atoms with van der Waals surface area (Å²) in [6.45, 7) is 6.50. The van der Waals surface area contributed by atoms with Crippen LogP contribution in [0.5, 0.6) is 0 Å². The molecule has 4 unspecified atom stereocenters. The Kier molecular flexibility index (Phi) is 5.96. The lowest BCUT2D eigenvalue weighted by atomic mass is 9.80. The smallest absolute Gasteiger partial charge is 0.306 e. The van der Waals surface area contributed by atoms with E-state index in [4.69, 9.17) is 10.5 Å². The predicted molar refractivity (Wildman–Crippen MR) is 69.6 cm³/mol. The second-order valence-corrected chi connectivity index (χ2v) is 5.75. The van der Waals surface area contributed by atoms with Crippen LogP contribution in [0.15, 0.2) is 0 Å². The molecular weight excluding hydrogens is 214 g/mol. The zero-order chi connectivity index (χ0) is 12.8. The molecule has 1 aliphatic carbocycles. The average Bonchev–Trinajstić information content (AvgIpc) is 2.23. The molecule has 3 nitrogen and oxygen atoms in total. The summed E-state index contributed by atoms with van der Waals surface area (Å²) in [5, 5.41) is 0. The van der Waals surface area contributed by atoms with Gasteiger partial charge >= 0.3 is 5.97 Å². The normalized spacial score (nSPS) is 30.9. The van der Waals surface area contributed by atoms with Crippen molar-refractivity contribution in [3.8, 4) is 0 Å². The minimum Gasteiger partial charge on any atom is -0.462 e. The zero-order valence-corrected chi connectivity index (χ0v) is 11.4. The first-order valence-electron chi connectivity index (χ1n) is 6.94. The number of hydrogen-bond donors (Lipinski definition) is 1. The fourth-order valence-corrected chi connectivity index (χ4v) is 2.42. The Hall–Kier alpha value is -0.570. The van der Waals surface area contributed by atoms with Crippen LogP contribution >= 0.6 is 0 Å². The maximum absolute atomic E-state index is 11.6. The molecule has 1 fully saturated rings. The molecule has 0 saturated heterocycles. The minimum atomic E-state index is -0.0441. The van der Waals surface area contributed by atoms with Gasteiger partial charge in [-0.3, -0.25) is 4.79 Å². The average molecular weight is 241 g/mol. The summed E-state index contributed by atoms with van der Waals surface area (Å²) in [7, 11) is 0. The number of hydrogen-bond acceptors (Lipinski definition) is 3. The van der Waals surface area contributed by atoms with Crippen LogP contribution in [0.4, 0.5) is 0 Å². The van der Waals surface area contributed by atoms with Gasteiger partial charge < -0.3 is 10.5 Å². The Morgan fingerprint density at radius 2 is 2.06 bits per heavy atom. The van der Waals surface area contributed by atoms with Gasteiger partial charge in [0.15, 0.2) is 0 Å². The van der Waals surface area contributed by atoms with E-state index in [9.17, 15) is 4.79 Å². The summed E-state index contributed by atoms with van der Waals surface area (Å²) >= 11 is 0. The van der Waals surface area contributed by atoms with Crippen LogP contribution in [0.25, 0.3) is 0 Å². The van der Waals surface area contributed by atoms with Crippen LogP contribution in [0.2, 0.25) is 0 Å². The van der Waals surface area contributed by atoms with Gasteiger partial charge in [0.25, 0.3) is 0 Å². The van der Waals surface area contributed by atoms with E-state index in [1.54, 1.807) is 0 Å². The fraction of sp³-hybridized carbons (Fsp3) is 0.929. The van der Waals surface area contributed by atoms with Gasteiger partial charge in [0.1, 0.15) is 6.10 Å². The quantitative estimate of drug-likeness (QED) is 0.753. The largest absolute Gasteiger partial charge is 0.462 e. The van der Waals surface area contributed by atoms with Crippen LogP contribution in [-0.4, -0.2) is 18.1 Å². The Morgan fingerprint density at radius 1 is 1.35 bits per heavy atom. The van der Waals surface area contributed by atoms with Crippen molar-refractivity contribution >= 4 is 5.97 Å². The van der Waals surface area contributed by atoms with Gasteiger partial charge in [-0.05, 0) is 50.9 Å². The molecule has 17 heavy (non-hydrogen) atoms. The van der Waals surface area contributed by atoms with E-state index in [0.717, 1.165) is 31.6 Å². The third-order valence-electron chi connectivity index (χ3n) is 3.89. The van der Waals surface area contributed by atoms with E-state index in [-0.39, 0.29) is 18.1 Å². The van der Waals surface area contributed by atoms with Crippen LogP contribution < -0.4 is 5.73 Å². The fourth-order valence-electron chi connectivity index (χ4n) is 2.42. The number of nitrogens with two attached hydrogens (primary N) is 1.